The van der Waals surface area contributed by atoms with E-state index in [0.29, 0.717) is 5.41 Å². The topological polar surface area (TPSA) is 15.3 Å². The van der Waals surface area contributed by atoms with Crippen molar-refractivity contribution in [2.75, 3.05) is 26.7 Å². The molecule has 19 heavy (non-hydrogen) atoms. The maximum absolute atomic E-state index is 3.82. The first-order valence-corrected chi connectivity index (χ1v) is 8.55. The molecule has 0 bridgehead atoms. The van der Waals surface area contributed by atoms with Crippen LogP contribution in [0.25, 0.3) is 0 Å². The summed E-state index contributed by atoms with van der Waals surface area (Å²) in [4.78, 5) is 2.59. The third kappa shape index (κ3) is 5.07. The monoisotopic (exact) mass is 266 g/mol. The van der Waals surface area contributed by atoms with Gasteiger partial charge in [0.2, 0.25) is 0 Å². The molecule has 2 rings (SSSR count). The molecule has 0 radical (unpaired) electrons. The number of unbranched alkanes of at least 4 members (excludes halogenated alkanes) is 1. The second kappa shape index (κ2) is 7.08. The lowest BCUT2D eigenvalue weighted by Gasteiger charge is -2.42. The third-order valence-electron chi connectivity index (χ3n) is 5.18. The summed E-state index contributed by atoms with van der Waals surface area (Å²) in [6.45, 7) is 8.57. The van der Waals surface area contributed by atoms with Crippen molar-refractivity contribution in [1.29, 1.82) is 0 Å². The molecule has 0 spiro atoms. The summed E-state index contributed by atoms with van der Waals surface area (Å²) < 4.78 is 0. The van der Waals surface area contributed by atoms with Crippen LogP contribution in [0.2, 0.25) is 0 Å². The van der Waals surface area contributed by atoms with Crippen molar-refractivity contribution >= 4 is 0 Å². The van der Waals surface area contributed by atoms with Gasteiger partial charge in [-0.15, -0.1) is 0 Å². The number of hydrogen-bond acceptors (Lipinski definition) is 2. The highest BCUT2D eigenvalue weighted by molar-refractivity contribution is 4.92. The Balaban J connectivity index is 1.84. The van der Waals surface area contributed by atoms with E-state index in [2.05, 4.69) is 31.1 Å². The van der Waals surface area contributed by atoms with E-state index in [0.717, 1.165) is 12.0 Å². The molecule has 1 N–H and O–H groups in total. The molecule has 0 aromatic heterocycles. The van der Waals surface area contributed by atoms with E-state index in [4.69, 9.17) is 0 Å². The Hall–Kier alpha value is -0.0800. The molecule has 0 unspecified atom stereocenters. The molecule has 0 aromatic rings. The van der Waals surface area contributed by atoms with Crippen LogP contribution < -0.4 is 5.32 Å². The molecule has 0 aliphatic heterocycles. The first kappa shape index (κ1) is 15.3. The van der Waals surface area contributed by atoms with Crippen LogP contribution in [0.1, 0.15) is 65.2 Å². The molecule has 2 fully saturated rings. The van der Waals surface area contributed by atoms with Gasteiger partial charge in [0.15, 0.2) is 0 Å². The highest BCUT2D eigenvalue weighted by Crippen LogP contribution is 2.39. The minimum absolute atomic E-state index is 0.567. The van der Waals surface area contributed by atoms with Gasteiger partial charge in [-0.05, 0) is 57.0 Å². The molecule has 2 aliphatic carbocycles. The molecular formula is C17H34N2. The Morgan fingerprint density at radius 1 is 1.16 bits per heavy atom. The van der Waals surface area contributed by atoms with Crippen LogP contribution in [0.5, 0.6) is 0 Å². The molecule has 2 saturated carbocycles. The van der Waals surface area contributed by atoms with Gasteiger partial charge in [-0.2, -0.15) is 0 Å². The average Bonchev–Trinajstić information content (AvgIpc) is 3.22. The first-order chi connectivity index (χ1) is 9.13. The van der Waals surface area contributed by atoms with Gasteiger partial charge in [-0.1, -0.05) is 33.1 Å². The zero-order valence-electron chi connectivity index (χ0n) is 13.4. The summed E-state index contributed by atoms with van der Waals surface area (Å²) in [5.74, 6) is 0.954. The van der Waals surface area contributed by atoms with Crippen molar-refractivity contribution in [3.8, 4) is 0 Å². The van der Waals surface area contributed by atoms with E-state index < -0.39 is 0 Å². The van der Waals surface area contributed by atoms with Crippen molar-refractivity contribution in [3.05, 3.63) is 0 Å². The summed E-state index contributed by atoms with van der Waals surface area (Å²) in [5, 5.41) is 3.82. The summed E-state index contributed by atoms with van der Waals surface area (Å²) in [5.41, 5.74) is 0.567. The Bertz CT molecular complexity index is 252. The van der Waals surface area contributed by atoms with E-state index in [-0.39, 0.29) is 0 Å². The number of nitrogens with zero attached hydrogens (tertiary/aromatic N) is 1. The zero-order valence-corrected chi connectivity index (χ0v) is 13.4. The van der Waals surface area contributed by atoms with Crippen LogP contribution in [-0.4, -0.2) is 37.6 Å². The van der Waals surface area contributed by atoms with Crippen molar-refractivity contribution in [3.63, 3.8) is 0 Å². The second-order valence-electron chi connectivity index (χ2n) is 7.43. The molecule has 0 heterocycles. The SMILES string of the molecule is CCCCN(C)CC1(CNC2CC2)CCC(C)CC1. The van der Waals surface area contributed by atoms with Crippen LogP contribution >= 0.6 is 0 Å². The first-order valence-electron chi connectivity index (χ1n) is 8.55. The molecular weight excluding hydrogens is 232 g/mol. The van der Waals surface area contributed by atoms with Gasteiger partial charge in [-0.3, -0.25) is 0 Å². The summed E-state index contributed by atoms with van der Waals surface area (Å²) >= 11 is 0. The largest absolute Gasteiger partial charge is 0.313 e. The van der Waals surface area contributed by atoms with E-state index >= 15 is 0 Å². The van der Waals surface area contributed by atoms with Crippen molar-refractivity contribution in [2.24, 2.45) is 11.3 Å². The van der Waals surface area contributed by atoms with Crippen molar-refractivity contribution in [2.45, 2.75) is 71.3 Å². The van der Waals surface area contributed by atoms with Gasteiger partial charge < -0.3 is 10.2 Å². The smallest absolute Gasteiger partial charge is 0.00684 e. The predicted molar refractivity (Wildman–Crippen MR) is 83.5 cm³/mol. The van der Waals surface area contributed by atoms with Crippen LogP contribution in [-0.2, 0) is 0 Å². The minimum atomic E-state index is 0.567. The van der Waals surface area contributed by atoms with Crippen LogP contribution in [0.3, 0.4) is 0 Å². The summed E-state index contributed by atoms with van der Waals surface area (Å²) in [6.07, 6.45) is 11.2. The normalized spacial score (nSPS) is 31.9. The predicted octanol–water partition coefficient (Wildman–Crippen LogP) is 3.67. The van der Waals surface area contributed by atoms with E-state index in [9.17, 15) is 0 Å². The molecule has 0 amide bonds. The van der Waals surface area contributed by atoms with Gasteiger partial charge in [0, 0.05) is 19.1 Å². The lowest BCUT2D eigenvalue weighted by atomic mass is 9.70. The molecule has 0 atom stereocenters. The summed E-state index contributed by atoms with van der Waals surface area (Å²) in [7, 11) is 2.33. The lowest BCUT2D eigenvalue weighted by molar-refractivity contribution is 0.0978. The molecule has 2 nitrogen and oxygen atoms in total. The van der Waals surface area contributed by atoms with E-state index in [1.807, 2.05) is 0 Å². The fraction of sp³-hybridized carbons (Fsp3) is 1.00. The number of nitrogens with one attached hydrogen (secondary N) is 1. The molecule has 2 aliphatic rings. The Kier molecular flexibility index (Phi) is 5.70. The molecule has 112 valence electrons. The van der Waals surface area contributed by atoms with Crippen LogP contribution in [0, 0.1) is 11.3 Å². The minimum Gasteiger partial charge on any atom is -0.313 e. The third-order valence-corrected chi connectivity index (χ3v) is 5.18. The van der Waals surface area contributed by atoms with Crippen LogP contribution in [0.4, 0.5) is 0 Å². The number of hydrogen-bond donors (Lipinski definition) is 1. The Morgan fingerprint density at radius 3 is 2.42 bits per heavy atom. The van der Waals surface area contributed by atoms with Crippen LogP contribution in [0.15, 0.2) is 0 Å². The standard InChI is InChI=1S/C17H34N2/c1-4-5-12-19(3)14-17(13-18-16-6-7-16)10-8-15(2)9-11-17/h15-16,18H,4-14H2,1-3H3. The summed E-state index contributed by atoms with van der Waals surface area (Å²) in [6, 6.07) is 0.858. The van der Waals surface area contributed by atoms with Gasteiger partial charge in [0.25, 0.3) is 0 Å². The Morgan fingerprint density at radius 2 is 1.84 bits per heavy atom. The zero-order chi connectivity index (χ0) is 13.7. The van der Waals surface area contributed by atoms with Gasteiger partial charge >= 0.3 is 0 Å². The number of rotatable bonds is 8. The van der Waals surface area contributed by atoms with Crippen molar-refractivity contribution in [1.82, 2.24) is 10.2 Å². The second-order valence-corrected chi connectivity index (χ2v) is 7.43. The average molecular weight is 266 g/mol. The fourth-order valence-electron chi connectivity index (χ4n) is 3.49. The quantitative estimate of drug-likeness (QED) is 0.721. The Labute approximate surface area is 120 Å². The molecule has 0 saturated heterocycles. The van der Waals surface area contributed by atoms with E-state index in [1.54, 1.807) is 0 Å². The fourth-order valence-corrected chi connectivity index (χ4v) is 3.49. The van der Waals surface area contributed by atoms with Gasteiger partial charge in [-0.25, -0.2) is 0 Å². The maximum Gasteiger partial charge on any atom is 0.00684 e. The van der Waals surface area contributed by atoms with Crippen molar-refractivity contribution < 1.29 is 0 Å². The lowest BCUT2D eigenvalue weighted by Crippen LogP contribution is -2.45. The van der Waals surface area contributed by atoms with Gasteiger partial charge in [0.1, 0.15) is 0 Å². The maximum atomic E-state index is 3.82. The highest BCUT2D eigenvalue weighted by Gasteiger charge is 2.36. The van der Waals surface area contributed by atoms with Gasteiger partial charge in [0.05, 0.1) is 0 Å². The highest BCUT2D eigenvalue weighted by atomic mass is 15.1. The molecule has 2 heteroatoms. The molecule has 0 aromatic carbocycles. The van der Waals surface area contributed by atoms with E-state index in [1.165, 1.54) is 71.0 Å².